The van der Waals surface area contributed by atoms with E-state index in [1.807, 2.05) is 48.5 Å². The number of rotatable bonds is 9. The average Bonchev–Trinajstić information content (AvgIpc) is 3.54. The molecule has 1 unspecified atom stereocenters. The highest BCUT2D eigenvalue weighted by molar-refractivity contribution is 6.30. The summed E-state index contributed by atoms with van der Waals surface area (Å²) in [6, 6.07) is 25.6. The summed E-state index contributed by atoms with van der Waals surface area (Å²) in [5.41, 5.74) is 3.31. The number of nitrogens with zero attached hydrogens (tertiary/aromatic N) is 1. The normalized spacial score (nSPS) is 14.3. The first-order valence-corrected chi connectivity index (χ1v) is 12.8. The number of hydrogen-bond donors (Lipinski definition) is 1. The second kappa shape index (κ2) is 10.6. The Morgan fingerprint density at radius 2 is 1.45 bits per heavy atom. The Bertz CT molecular complexity index is 1730. The summed E-state index contributed by atoms with van der Waals surface area (Å²) in [5.74, 6) is 1.19. The van der Waals surface area contributed by atoms with Gasteiger partial charge in [0.25, 0.3) is 0 Å². The number of benzene rings is 4. The van der Waals surface area contributed by atoms with Crippen LogP contribution in [-0.4, -0.2) is 35.8 Å². The molecule has 0 radical (unpaired) electrons. The maximum absolute atomic E-state index is 13.6. The van der Waals surface area contributed by atoms with Crippen molar-refractivity contribution in [2.75, 3.05) is 14.2 Å². The summed E-state index contributed by atoms with van der Waals surface area (Å²) in [6.45, 7) is 0.476. The number of aromatic amines is 1. The number of nitrogens with one attached hydrogen (secondary N) is 1. The van der Waals surface area contributed by atoms with Gasteiger partial charge in [-0.2, -0.15) is 0 Å². The summed E-state index contributed by atoms with van der Waals surface area (Å²) >= 11 is 0. The van der Waals surface area contributed by atoms with Crippen LogP contribution in [-0.2, 0) is 13.2 Å². The van der Waals surface area contributed by atoms with Gasteiger partial charge in [0.05, 0.1) is 19.7 Å². The molecule has 0 bridgehead atoms. The van der Waals surface area contributed by atoms with E-state index in [9.17, 15) is 9.59 Å². The summed E-state index contributed by atoms with van der Waals surface area (Å²) in [7, 11) is 3.13. The van der Waals surface area contributed by atoms with E-state index >= 15 is 0 Å². The Labute approximate surface area is 230 Å². The molecule has 8 heteroatoms. The van der Waals surface area contributed by atoms with Crippen molar-refractivity contribution in [3.63, 3.8) is 0 Å². The zero-order chi connectivity index (χ0) is 27.6. The number of carbonyl (C=O) groups excluding carboxylic acids is 2. The van der Waals surface area contributed by atoms with Crippen LogP contribution < -0.4 is 18.9 Å². The van der Waals surface area contributed by atoms with Crippen molar-refractivity contribution in [1.29, 1.82) is 0 Å². The molecule has 0 fully saturated rings. The molecule has 0 saturated heterocycles. The SMILES string of the molecule is COc1ccccc1OCc1nc2c(C3C(=O)c4ccc(OCc5ccccc5)cc4C3=O)ccc(OC)c2[nH]1. The fraction of sp³-hybridized carbons (Fsp3) is 0.156. The maximum Gasteiger partial charge on any atom is 0.179 e. The van der Waals surface area contributed by atoms with Crippen LogP contribution in [0, 0.1) is 0 Å². The van der Waals surface area contributed by atoms with Crippen molar-refractivity contribution in [2.24, 2.45) is 0 Å². The van der Waals surface area contributed by atoms with Crippen molar-refractivity contribution < 1.29 is 28.5 Å². The lowest BCUT2D eigenvalue weighted by Crippen LogP contribution is -2.13. The van der Waals surface area contributed by atoms with Crippen LogP contribution in [0.25, 0.3) is 11.0 Å². The second-order valence-corrected chi connectivity index (χ2v) is 9.35. The first-order chi connectivity index (χ1) is 19.6. The fourth-order valence-electron chi connectivity index (χ4n) is 4.98. The first kappa shape index (κ1) is 25.2. The van der Waals surface area contributed by atoms with Gasteiger partial charge < -0.3 is 23.9 Å². The highest BCUT2D eigenvalue weighted by atomic mass is 16.5. The van der Waals surface area contributed by atoms with Crippen LogP contribution in [0.1, 0.15) is 43.6 Å². The number of fused-ring (bicyclic) bond motifs is 2. The van der Waals surface area contributed by atoms with Crippen LogP contribution in [0.4, 0.5) is 0 Å². The number of hydrogen-bond acceptors (Lipinski definition) is 7. The Morgan fingerprint density at radius 3 is 2.23 bits per heavy atom. The zero-order valence-corrected chi connectivity index (χ0v) is 22.0. The number of ketones is 2. The molecule has 8 nitrogen and oxygen atoms in total. The molecule has 1 N–H and O–H groups in total. The number of aromatic nitrogens is 2. The molecular weight excluding hydrogens is 508 g/mol. The van der Waals surface area contributed by atoms with E-state index in [0.717, 1.165) is 5.56 Å². The Balaban J connectivity index is 1.29. The molecule has 0 amide bonds. The number of methoxy groups -OCH3 is 2. The summed E-state index contributed by atoms with van der Waals surface area (Å²) in [5, 5.41) is 0. The van der Waals surface area contributed by atoms with Gasteiger partial charge in [0.2, 0.25) is 0 Å². The van der Waals surface area contributed by atoms with Crippen molar-refractivity contribution in [3.05, 3.63) is 113 Å². The van der Waals surface area contributed by atoms with Gasteiger partial charge in [0.1, 0.15) is 42.0 Å². The van der Waals surface area contributed by atoms with E-state index in [2.05, 4.69) is 4.98 Å². The molecule has 0 aliphatic heterocycles. The summed E-state index contributed by atoms with van der Waals surface area (Å²) in [4.78, 5) is 35.1. The molecule has 0 saturated carbocycles. The Kier molecular flexibility index (Phi) is 6.66. The lowest BCUT2D eigenvalue weighted by Gasteiger charge is -2.10. The molecule has 0 spiro atoms. The van der Waals surface area contributed by atoms with E-state index < -0.39 is 5.92 Å². The van der Waals surface area contributed by atoms with E-state index in [1.165, 1.54) is 0 Å². The number of para-hydroxylation sites is 2. The van der Waals surface area contributed by atoms with Gasteiger partial charge in [-0.3, -0.25) is 9.59 Å². The van der Waals surface area contributed by atoms with Crippen molar-refractivity contribution in [1.82, 2.24) is 9.97 Å². The van der Waals surface area contributed by atoms with Crippen molar-refractivity contribution >= 4 is 22.6 Å². The minimum atomic E-state index is -1.01. The van der Waals surface area contributed by atoms with E-state index in [1.54, 1.807) is 50.6 Å². The van der Waals surface area contributed by atoms with E-state index in [0.29, 0.717) is 63.2 Å². The number of carbonyl (C=O) groups is 2. The zero-order valence-electron chi connectivity index (χ0n) is 22.0. The van der Waals surface area contributed by atoms with Gasteiger partial charge >= 0.3 is 0 Å². The number of imidazole rings is 1. The third-order valence-electron chi connectivity index (χ3n) is 6.95. The average molecular weight is 535 g/mol. The number of ether oxygens (including phenoxy) is 4. The smallest absolute Gasteiger partial charge is 0.179 e. The van der Waals surface area contributed by atoms with Crippen molar-refractivity contribution in [3.8, 4) is 23.0 Å². The van der Waals surface area contributed by atoms with Crippen LogP contribution in [0.3, 0.4) is 0 Å². The van der Waals surface area contributed by atoms with E-state index in [-0.39, 0.29) is 18.2 Å². The van der Waals surface area contributed by atoms with E-state index in [4.69, 9.17) is 23.9 Å². The quantitative estimate of drug-likeness (QED) is 0.235. The van der Waals surface area contributed by atoms with Crippen LogP contribution >= 0.6 is 0 Å². The van der Waals surface area contributed by atoms with Gasteiger partial charge in [-0.1, -0.05) is 48.5 Å². The molecule has 6 rings (SSSR count). The molecular formula is C32H26N2O6. The van der Waals surface area contributed by atoms with Gasteiger partial charge in [-0.25, -0.2) is 4.98 Å². The Morgan fingerprint density at radius 1 is 0.725 bits per heavy atom. The molecule has 40 heavy (non-hydrogen) atoms. The molecule has 1 aliphatic rings. The van der Waals surface area contributed by atoms with Gasteiger partial charge in [0, 0.05) is 11.1 Å². The third kappa shape index (κ3) is 4.53. The molecule has 1 aromatic heterocycles. The second-order valence-electron chi connectivity index (χ2n) is 9.35. The molecule has 1 heterocycles. The van der Waals surface area contributed by atoms with Crippen LogP contribution in [0.15, 0.2) is 84.9 Å². The predicted octanol–water partition coefficient (Wildman–Crippen LogP) is 5.90. The van der Waals surface area contributed by atoms with Crippen LogP contribution in [0.5, 0.6) is 23.0 Å². The maximum atomic E-state index is 13.6. The number of Topliss-reactive ketones (excluding diaryl/α,β-unsaturated/α-hetero) is 2. The lowest BCUT2D eigenvalue weighted by molar-refractivity contribution is 0.0890. The summed E-state index contributed by atoms with van der Waals surface area (Å²) < 4.78 is 22.7. The first-order valence-electron chi connectivity index (χ1n) is 12.8. The molecule has 4 aromatic carbocycles. The molecule has 5 aromatic rings. The third-order valence-corrected chi connectivity index (χ3v) is 6.95. The number of H-pyrrole nitrogens is 1. The standard InChI is InChI=1S/C32H26N2O6/c1-37-24-10-6-7-11-25(24)40-18-27-33-29-22(14-15-26(38-2)30(29)34-27)28-31(35)21-13-12-20(16-23(21)32(28)36)39-17-19-8-4-3-5-9-19/h3-16,28H,17-18H2,1-2H3,(H,33,34). The lowest BCUT2D eigenvalue weighted by atomic mass is 9.93. The predicted molar refractivity (Wildman–Crippen MR) is 149 cm³/mol. The van der Waals surface area contributed by atoms with Gasteiger partial charge in [-0.15, -0.1) is 0 Å². The highest BCUT2D eigenvalue weighted by Gasteiger charge is 2.41. The largest absolute Gasteiger partial charge is 0.494 e. The van der Waals surface area contributed by atoms with Gasteiger partial charge in [0.15, 0.2) is 23.1 Å². The fourth-order valence-corrected chi connectivity index (χ4v) is 4.98. The minimum absolute atomic E-state index is 0.118. The summed E-state index contributed by atoms with van der Waals surface area (Å²) in [6.07, 6.45) is 0. The molecule has 1 atom stereocenters. The highest BCUT2D eigenvalue weighted by Crippen LogP contribution is 2.40. The minimum Gasteiger partial charge on any atom is -0.494 e. The Hall–Kier alpha value is -5.11. The topological polar surface area (TPSA) is 99.7 Å². The molecule has 1 aliphatic carbocycles. The van der Waals surface area contributed by atoms with Crippen molar-refractivity contribution in [2.45, 2.75) is 19.1 Å². The van der Waals surface area contributed by atoms with Crippen LogP contribution in [0.2, 0.25) is 0 Å². The monoisotopic (exact) mass is 534 g/mol. The molecule has 200 valence electrons. The van der Waals surface area contributed by atoms with Gasteiger partial charge in [-0.05, 0) is 47.5 Å².